The maximum absolute atomic E-state index is 12.3. The van der Waals surface area contributed by atoms with Crippen molar-refractivity contribution in [3.05, 3.63) is 76.0 Å². The maximum Gasteiger partial charge on any atom is 0.272 e. The Hall–Kier alpha value is -3.88. The lowest BCUT2D eigenvalue weighted by molar-refractivity contribution is -0.121. The smallest absolute Gasteiger partial charge is 0.272 e. The first-order chi connectivity index (χ1) is 15.2. The number of para-hydroxylation sites is 1. The van der Waals surface area contributed by atoms with Crippen LogP contribution >= 0.6 is 0 Å². The van der Waals surface area contributed by atoms with Crippen molar-refractivity contribution in [2.24, 2.45) is 0 Å². The summed E-state index contributed by atoms with van der Waals surface area (Å²) in [6, 6.07) is 14.9. The molecule has 0 spiro atoms. The quantitative estimate of drug-likeness (QED) is 0.504. The van der Waals surface area contributed by atoms with E-state index in [9.17, 15) is 9.59 Å². The van der Waals surface area contributed by atoms with Gasteiger partial charge in [0.25, 0.3) is 5.56 Å². The topological polar surface area (TPSA) is 115 Å². The molecule has 0 fully saturated rings. The maximum atomic E-state index is 12.3. The highest BCUT2D eigenvalue weighted by Crippen LogP contribution is 2.32. The molecule has 31 heavy (non-hydrogen) atoms. The van der Waals surface area contributed by atoms with Crippen LogP contribution in [0, 0.1) is 0 Å². The summed E-state index contributed by atoms with van der Waals surface area (Å²) in [6.45, 7) is 0.951. The van der Waals surface area contributed by atoms with Crippen LogP contribution in [-0.2, 0) is 17.6 Å². The van der Waals surface area contributed by atoms with E-state index in [0.29, 0.717) is 36.9 Å². The Bertz CT molecular complexity index is 1100. The molecular formula is C22H22N4O5. The number of hydrogen-bond acceptors (Lipinski definition) is 7. The number of hydrogen-bond donors (Lipinski definition) is 2. The van der Waals surface area contributed by atoms with Crippen molar-refractivity contribution in [2.45, 2.75) is 19.3 Å². The summed E-state index contributed by atoms with van der Waals surface area (Å²) in [4.78, 5) is 27.0. The third kappa shape index (κ3) is 5.59. The van der Waals surface area contributed by atoms with Gasteiger partial charge < -0.3 is 24.5 Å². The molecule has 0 saturated heterocycles. The fourth-order valence-electron chi connectivity index (χ4n) is 3.08. The van der Waals surface area contributed by atoms with Gasteiger partial charge in [-0.3, -0.25) is 9.59 Å². The zero-order valence-electron chi connectivity index (χ0n) is 16.8. The summed E-state index contributed by atoms with van der Waals surface area (Å²) in [6.07, 6.45) is 0.754. The van der Waals surface area contributed by atoms with Crippen molar-refractivity contribution in [2.75, 3.05) is 19.9 Å². The van der Waals surface area contributed by atoms with Crippen LogP contribution in [0.15, 0.2) is 53.3 Å². The minimum Gasteiger partial charge on any atom is -0.492 e. The number of aryl methyl sites for hydroxylation is 1. The molecule has 2 heterocycles. The standard InChI is InChI=1S/C22H22N4O5/c27-21(23-10-11-29-16-4-2-1-3-5-16)9-7-17-22(28)24-20(26-25-17)13-15-6-8-18-19(12-15)31-14-30-18/h1-6,8,12H,7,9-11,13-14H2,(H,23,27)(H,24,26,28). The zero-order chi connectivity index (χ0) is 21.5. The molecule has 1 aliphatic rings. The number of ether oxygens (including phenoxy) is 3. The van der Waals surface area contributed by atoms with Crippen LogP contribution in [0.2, 0.25) is 0 Å². The molecule has 9 nitrogen and oxygen atoms in total. The number of amides is 1. The molecule has 0 bridgehead atoms. The number of carbonyl (C=O) groups excluding carboxylic acids is 1. The van der Waals surface area contributed by atoms with Crippen LogP contribution in [0.25, 0.3) is 0 Å². The summed E-state index contributed by atoms with van der Waals surface area (Å²) in [5.74, 6) is 2.38. The fraction of sp³-hybridized carbons (Fsp3) is 0.273. The molecule has 0 saturated carbocycles. The monoisotopic (exact) mass is 422 g/mol. The van der Waals surface area contributed by atoms with Gasteiger partial charge in [0.2, 0.25) is 12.7 Å². The van der Waals surface area contributed by atoms with Crippen molar-refractivity contribution in [1.29, 1.82) is 0 Å². The lowest BCUT2D eigenvalue weighted by Crippen LogP contribution is -2.29. The number of nitrogens with one attached hydrogen (secondary N) is 2. The van der Waals surface area contributed by atoms with E-state index in [0.717, 1.165) is 11.3 Å². The first-order valence-corrected chi connectivity index (χ1v) is 9.95. The normalized spacial score (nSPS) is 11.9. The summed E-state index contributed by atoms with van der Waals surface area (Å²) in [5.41, 5.74) is 0.801. The third-order valence-corrected chi connectivity index (χ3v) is 4.64. The highest BCUT2D eigenvalue weighted by atomic mass is 16.7. The van der Waals surface area contributed by atoms with E-state index in [2.05, 4.69) is 20.5 Å². The van der Waals surface area contributed by atoms with Crippen molar-refractivity contribution in [3.8, 4) is 17.2 Å². The number of aromatic nitrogens is 3. The zero-order valence-corrected chi connectivity index (χ0v) is 16.8. The summed E-state index contributed by atoms with van der Waals surface area (Å²) < 4.78 is 16.2. The molecule has 2 aromatic carbocycles. The molecule has 1 aliphatic heterocycles. The van der Waals surface area contributed by atoms with Crippen molar-refractivity contribution in [1.82, 2.24) is 20.5 Å². The average molecular weight is 422 g/mol. The molecule has 9 heteroatoms. The second kappa shape index (κ2) is 9.75. The average Bonchev–Trinajstić information content (AvgIpc) is 3.25. The van der Waals surface area contributed by atoms with Crippen LogP contribution in [0.4, 0.5) is 0 Å². The van der Waals surface area contributed by atoms with E-state index in [1.165, 1.54) is 0 Å². The SMILES string of the molecule is O=C(CCc1nnc(Cc2ccc3c(c2)OCO3)[nH]c1=O)NCCOc1ccccc1. The number of rotatable bonds is 9. The van der Waals surface area contributed by atoms with Crippen LogP contribution in [0.5, 0.6) is 17.2 Å². The molecule has 1 amide bonds. The van der Waals surface area contributed by atoms with Crippen LogP contribution in [-0.4, -0.2) is 41.0 Å². The number of benzene rings is 2. The van der Waals surface area contributed by atoms with E-state index in [-0.39, 0.29) is 36.8 Å². The number of H-pyrrole nitrogens is 1. The second-order valence-electron chi connectivity index (χ2n) is 6.92. The Morgan fingerprint density at radius 2 is 1.94 bits per heavy atom. The largest absolute Gasteiger partial charge is 0.492 e. The van der Waals surface area contributed by atoms with Crippen LogP contribution < -0.4 is 25.1 Å². The molecular weight excluding hydrogens is 400 g/mol. The lowest BCUT2D eigenvalue weighted by atomic mass is 10.1. The molecule has 160 valence electrons. The minimum atomic E-state index is -0.342. The molecule has 0 radical (unpaired) electrons. The molecule has 0 atom stereocenters. The Balaban J connectivity index is 1.23. The van der Waals surface area contributed by atoms with E-state index >= 15 is 0 Å². The van der Waals surface area contributed by atoms with Gasteiger partial charge in [-0.15, -0.1) is 10.2 Å². The summed E-state index contributed by atoms with van der Waals surface area (Å²) in [5, 5.41) is 10.8. The lowest BCUT2D eigenvalue weighted by Gasteiger charge is -2.07. The number of aromatic amines is 1. The Morgan fingerprint density at radius 1 is 1.10 bits per heavy atom. The van der Waals surface area contributed by atoms with E-state index in [1.807, 2.05) is 48.5 Å². The highest BCUT2D eigenvalue weighted by molar-refractivity contribution is 5.76. The molecule has 0 unspecified atom stereocenters. The fourth-order valence-corrected chi connectivity index (χ4v) is 3.08. The summed E-state index contributed by atoms with van der Waals surface area (Å²) >= 11 is 0. The van der Waals surface area contributed by atoms with Gasteiger partial charge in [-0.2, -0.15) is 0 Å². The van der Waals surface area contributed by atoms with Gasteiger partial charge in [0.05, 0.1) is 6.54 Å². The predicted octanol–water partition coefficient (Wildman–Crippen LogP) is 1.61. The van der Waals surface area contributed by atoms with E-state index in [4.69, 9.17) is 14.2 Å². The predicted molar refractivity (Wildman–Crippen MR) is 111 cm³/mol. The van der Waals surface area contributed by atoms with Crippen LogP contribution in [0.1, 0.15) is 23.5 Å². The minimum absolute atomic E-state index is 0.143. The first kappa shape index (κ1) is 20.4. The van der Waals surface area contributed by atoms with Gasteiger partial charge in [-0.05, 0) is 29.8 Å². The van der Waals surface area contributed by atoms with E-state index < -0.39 is 0 Å². The van der Waals surface area contributed by atoms with Gasteiger partial charge >= 0.3 is 0 Å². The van der Waals surface area contributed by atoms with Crippen molar-refractivity contribution in [3.63, 3.8) is 0 Å². The Kier molecular flexibility index (Phi) is 6.41. The van der Waals surface area contributed by atoms with Crippen molar-refractivity contribution < 1.29 is 19.0 Å². The second-order valence-corrected chi connectivity index (χ2v) is 6.92. The van der Waals surface area contributed by atoms with Gasteiger partial charge in [0, 0.05) is 19.3 Å². The van der Waals surface area contributed by atoms with Gasteiger partial charge in [-0.1, -0.05) is 24.3 Å². The Labute approximate surface area is 178 Å². The number of carbonyl (C=O) groups is 1. The molecule has 4 rings (SSSR count). The van der Waals surface area contributed by atoms with Gasteiger partial charge in [0.1, 0.15) is 23.9 Å². The van der Waals surface area contributed by atoms with Crippen molar-refractivity contribution >= 4 is 5.91 Å². The Morgan fingerprint density at radius 3 is 2.77 bits per heavy atom. The highest BCUT2D eigenvalue weighted by Gasteiger charge is 2.14. The molecule has 0 aliphatic carbocycles. The van der Waals surface area contributed by atoms with Gasteiger partial charge in [0.15, 0.2) is 11.5 Å². The van der Waals surface area contributed by atoms with E-state index in [1.54, 1.807) is 0 Å². The third-order valence-electron chi connectivity index (χ3n) is 4.64. The number of nitrogens with zero attached hydrogens (tertiary/aromatic N) is 2. The van der Waals surface area contributed by atoms with Gasteiger partial charge in [-0.25, -0.2) is 0 Å². The molecule has 2 N–H and O–H groups in total. The summed E-state index contributed by atoms with van der Waals surface area (Å²) in [7, 11) is 0. The number of fused-ring (bicyclic) bond motifs is 1. The first-order valence-electron chi connectivity index (χ1n) is 9.95. The van der Waals surface area contributed by atoms with Crippen LogP contribution in [0.3, 0.4) is 0 Å². The molecule has 3 aromatic rings. The molecule has 1 aromatic heterocycles.